The Kier molecular flexibility index (Phi) is 4.84. The smallest absolute Gasteiger partial charge is 0.132 e. The first-order valence-electron chi connectivity index (χ1n) is 10.4. The number of hydrogen-bond donors (Lipinski definition) is 2. The van der Waals surface area contributed by atoms with Crippen LogP contribution < -0.4 is 0 Å². The highest BCUT2D eigenvalue weighted by atomic mass is 19.1. The van der Waals surface area contributed by atoms with Crippen LogP contribution in [0.25, 0.3) is 21.8 Å². The number of aromatic nitrogens is 2. The zero-order valence-corrected chi connectivity index (χ0v) is 16.3. The zero-order chi connectivity index (χ0) is 19.8. The normalized spacial score (nSPS) is 16.2. The molecule has 0 atom stereocenters. The minimum Gasteiger partial charge on any atom is -0.361 e. The van der Waals surface area contributed by atoms with Gasteiger partial charge >= 0.3 is 0 Å². The minimum absolute atomic E-state index is 0.128. The molecular weight excluding hydrogens is 368 g/mol. The highest BCUT2D eigenvalue weighted by molar-refractivity contribution is 5.84. The molecule has 2 aromatic carbocycles. The molecule has 0 aliphatic carbocycles. The fourth-order valence-corrected chi connectivity index (χ4v) is 4.81. The van der Waals surface area contributed by atoms with Gasteiger partial charge in [-0.1, -0.05) is 6.07 Å². The van der Waals surface area contributed by atoms with E-state index in [1.54, 1.807) is 24.3 Å². The fourth-order valence-electron chi connectivity index (χ4n) is 4.81. The standard InChI is InChI=1S/C24H25F2N3/c25-18-6-7-22-19(13-18)17(14-27-22)3-2-10-29-11-8-16(9-12-29)20-15-28-23-5-1-4-21(26)24(20)23/h1,4-7,13-16,27-28H,2-3,8-12H2. The Bertz CT molecular complexity index is 1140. The van der Waals surface area contributed by atoms with Crippen LogP contribution in [0, 0.1) is 11.6 Å². The molecule has 2 aromatic heterocycles. The van der Waals surface area contributed by atoms with Gasteiger partial charge in [0.25, 0.3) is 0 Å². The molecule has 1 fully saturated rings. The number of aromatic amines is 2. The Balaban J connectivity index is 1.17. The Morgan fingerprint density at radius 1 is 0.966 bits per heavy atom. The SMILES string of the molecule is Fc1ccc2[nH]cc(CCCN3CCC(c4c[nH]c5cccc(F)c45)CC3)c2c1. The second kappa shape index (κ2) is 7.64. The number of nitrogens with one attached hydrogen (secondary N) is 2. The first-order chi connectivity index (χ1) is 14.2. The number of piperidine rings is 1. The topological polar surface area (TPSA) is 34.8 Å². The van der Waals surface area contributed by atoms with Gasteiger partial charge in [0.2, 0.25) is 0 Å². The summed E-state index contributed by atoms with van der Waals surface area (Å²) in [5.74, 6) is 0.0963. The van der Waals surface area contributed by atoms with Crippen molar-refractivity contribution in [1.82, 2.24) is 14.9 Å². The largest absolute Gasteiger partial charge is 0.361 e. The van der Waals surface area contributed by atoms with Crippen molar-refractivity contribution in [2.24, 2.45) is 0 Å². The Morgan fingerprint density at radius 3 is 2.66 bits per heavy atom. The van der Waals surface area contributed by atoms with Crippen molar-refractivity contribution < 1.29 is 8.78 Å². The highest BCUT2D eigenvalue weighted by Crippen LogP contribution is 2.34. The van der Waals surface area contributed by atoms with E-state index in [4.69, 9.17) is 0 Å². The second-order valence-corrected chi connectivity index (χ2v) is 8.13. The summed E-state index contributed by atoms with van der Waals surface area (Å²) in [6, 6.07) is 10.1. The number of hydrogen-bond acceptors (Lipinski definition) is 1. The maximum Gasteiger partial charge on any atom is 0.132 e. The lowest BCUT2D eigenvalue weighted by Crippen LogP contribution is -2.33. The molecule has 4 aromatic rings. The molecule has 0 unspecified atom stereocenters. The molecule has 0 amide bonds. The van der Waals surface area contributed by atoms with Gasteiger partial charge in [-0.3, -0.25) is 0 Å². The lowest BCUT2D eigenvalue weighted by atomic mass is 9.89. The predicted molar refractivity (Wildman–Crippen MR) is 113 cm³/mol. The second-order valence-electron chi connectivity index (χ2n) is 8.13. The van der Waals surface area contributed by atoms with Gasteiger partial charge < -0.3 is 14.9 Å². The monoisotopic (exact) mass is 393 g/mol. The van der Waals surface area contributed by atoms with E-state index in [0.29, 0.717) is 5.92 Å². The van der Waals surface area contributed by atoms with Gasteiger partial charge in [0.05, 0.1) is 0 Å². The van der Waals surface area contributed by atoms with Crippen molar-refractivity contribution in [3.05, 3.63) is 71.6 Å². The number of aryl methyl sites for hydroxylation is 1. The number of nitrogens with zero attached hydrogens (tertiary/aromatic N) is 1. The molecule has 5 heteroatoms. The molecule has 2 N–H and O–H groups in total. The highest BCUT2D eigenvalue weighted by Gasteiger charge is 2.23. The third kappa shape index (κ3) is 3.55. The molecule has 29 heavy (non-hydrogen) atoms. The molecule has 1 aliphatic rings. The van der Waals surface area contributed by atoms with E-state index in [2.05, 4.69) is 14.9 Å². The Hall–Kier alpha value is -2.66. The van der Waals surface area contributed by atoms with Crippen molar-refractivity contribution in [3.63, 3.8) is 0 Å². The van der Waals surface area contributed by atoms with Gasteiger partial charge in [-0.15, -0.1) is 0 Å². The first kappa shape index (κ1) is 18.4. The molecule has 1 aliphatic heterocycles. The van der Waals surface area contributed by atoms with Gasteiger partial charge in [-0.2, -0.15) is 0 Å². The van der Waals surface area contributed by atoms with E-state index < -0.39 is 0 Å². The number of fused-ring (bicyclic) bond motifs is 2. The number of H-pyrrole nitrogens is 2. The van der Waals surface area contributed by atoms with Crippen LogP contribution in [0.3, 0.4) is 0 Å². The van der Waals surface area contributed by atoms with Gasteiger partial charge in [0, 0.05) is 34.2 Å². The van der Waals surface area contributed by atoms with Gasteiger partial charge in [0.1, 0.15) is 11.6 Å². The van der Waals surface area contributed by atoms with E-state index in [0.717, 1.165) is 72.7 Å². The molecule has 5 rings (SSSR count). The summed E-state index contributed by atoms with van der Waals surface area (Å²) in [6.07, 6.45) is 8.10. The van der Waals surface area contributed by atoms with E-state index in [1.807, 2.05) is 18.5 Å². The quantitative estimate of drug-likeness (QED) is 0.446. The lowest BCUT2D eigenvalue weighted by molar-refractivity contribution is 0.210. The molecule has 150 valence electrons. The van der Waals surface area contributed by atoms with E-state index in [9.17, 15) is 8.78 Å². The third-order valence-corrected chi connectivity index (χ3v) is 6.36. The summed E-state index contributed by atoms with van der Waals surface area (Å²) in [5.41, 5.74) is 4.19. The summed E-state index contributed by atoms with van der Waals surface area (Å²) in [4.78, 5) is 8.95. The van der Waals surface area contributed by atoms with Gasteiger partial charge in [0.15, 0.2) is 0 Å². The molecule has 0 bridgehead atoms. The summed E-state index contributed by atoms with van der Waals surface area (Å²) in [7, 11) is 0. The van der Waals surface area contributed by atoms with Crippen molar-refractivity contribution in [3.8, 4) is 0 Å². The Morgan fingerprint density at radius 2 is 1.79 bits per heavy atom. The van der Waals surface area contributed by atoms with Crippen molar-refractivity contribution >= 4 is 21.8 Å². The average Bonchev–Trinajstić information content (AvgIpc) is 3.34. The lowest BCUT2D eigenvalue weighted by Gasteiger charge is -2.32. The van der Waals surface area contributed by atoms with Crippen LogP contribution in [0.15, 0.2) is 48.8 Å². The number of benzene rings is 2. The fraction of sp³-hybridized carbons (Fsp3) is 0.333. The molecule has 0 radical (unpaired) electrons. The van der Waals surface area contributed by atoms with Gasteiger partial charge in [-0.05, 0) is 92.7 Å². The summed E-state index contributed by atoms with van der Waals surface area (Å²) in [5, 5.41) is 1.75. The number of halogens is 2. The number of rotatable bonds is 5. The molecule has 0 spiro atoms. The first-order valence-corrected chi connectivity index (χ1v) is 10.4. The van der Waals surface area contributed by atoms with Gasteiger partial charge in [-0.25, -0.2) is 8.78 Å². The van der Waals surface area contributed by atoms with Crippen molar-refractivity contribution in [1.29, 1.82) is 0 Å². The van der Waals surface area contributed by atoms with Crippen LogP contribution >= 0.6 is 0 Å². The van der Waals surface area contributed by atoms with Crippen molar-refractivity contribution in [2.45, 2.75) is 31.6 Å². The maximum atomic E-state index is 14.3. The summed E-state index contributed by atoms with van der Waals surface area (Å²) >= 11 is 0. The maximum absolute atomic E-state index is 14.3. The van der Waals surface area contributed by atoms with Crippen LogP contribution in [-0.2, 0) is 6.42 Å². The summed E-state index contributed by atoms with van der Waals surface area (Å²) < 4.78 is 27.8. The Labute approximate surface area is 168 Å². The third-order valence-electron chi connectivity index (χ3n) is 6.36. The molecular formula is C24H25F2N3. The van der Waals surface area contributed by atoms with Crippen LogP contribution in [0.1, 0.15) is 36.3 Å². The van der Waals surface area contributed by atoms with Crippen LogP contribution in [0.4, 0.5) is 8.78 Å². The molecule has 3 nitrogen and oxygen atoms in total. The predicted octanol–water partition coefficient (Wildman–Crippen LogP) is 5.74. The van der Waals surface area contributed by atoms with E-state index in [1.165, 1.54) is 11.6 Å². The minimum atomic E-state index is -0.186. The molecule has 0 saturated carbocycles. The van der Waals surface area contributed by atoms with Crippen LogP contribution in [0.5, 0.6) is 0 Å². The summed E-state index contributed by atoms with van der Waals surface area (Å²) in [6.45, 7) is 3.11. The van der Waals surface area contributed by atoms with E-state index >= 15 is 0 Å². The molecule has 1 saturated heterocycles. The zero-order valence-electron chi connectivity index (χ0n) is 16.3. The van der Waals surface area contributed by atoms with Crippen LogP contribution in [0.2, 0.25) is 0 Å². The van der Waals surface area contributed by atoms with Crippen LogP contribution in [-0.4, -0.2) is 34.5 Å². The number of likely N-dealkylation sites (tertiary alicyclic amines) is 1. The van der Waals surface area contributed by atoms with Crippen molar-refractivity contribution in [2.75, 3.05) is 19.6 Å². The average molecular weight is 393 g/mol. The molecule has 3 heterocycles. The van der Waals surface area contributed by atoms with E-state index in [-0.39, 0.29) is 11.6 Å².